The zero-order chi connectivity index (χ0) is 14.8. The maximum atomic E-state index is 12.4. The molecule has 2 rings (SSSR count). The number of carbonyl (C=O) groups is 1. The van der Waals surface area contributed by atoms with E-state index in [9.17, 15) is 13.2 Å². The number of hydrogen-bond acceptors (Lipinski definition) is 3. The lowest BCUT2D eigenvalue weighted by Crippen LogP contribution is -2.52. The van der Waals surface area contributed by atoms with Crippen molar-refractivity contribution in [1.82, 2.24) is 4.31 Å². The molecular formula is C14H20N2O3S. The number of anilines is 1. The summed E-state index contributed by atoms with van der Waals surface area (Å²) in [4.78, 5) is 14.0. The Morgan fingerprint density at radius 3 is 2.40 bits per heavy atom. The topological polar surface area (TPSA) is 57.7 Å². The molecule has 5 nitrogen and oxygen atoms in total. The van der Waals surface area contributed by atoms with Crippen LogP contribution in [0, 0.1) is 5.92 Å². The minimum Gasteiger partial charge on any atom is -0.293 e. The molecule has 1 saturated heterocycles. The van der Waals surface area contributed by atoms with Gasteiger partial charge in [0.1, 0.15) is 0 Å². The van der Waals surface area contributed by atoms with E-state index in [-0.39, 0.29) is 18.2 Å². The fraction of sp³-hybridized carbons (Fsp3) is 0.500. The molecule has 0 radical (unpaired) electrons. The van der Waals surface area contributed by atoms with Gasteiger partial charge in [0.15, 0.2) is 0 Å². The van der Waals surface area contributed by atoms with Crippen LogP contribution in [-0.4, -0.2) is 37.6 Å². The van der Waals surface area contributed by atoms with Crippen LogP contribution >= 0.6 is 0 Å². The Bertz CT molecular complexity index is 569. The fourth-order valence-corrected chi connectivity index (χ4v) is 4.08. The fourth-order valence-electron chi connectivity index (χ4n) is 2.32. The molecule has 0 bridgehead atoms. The molecule has 1 aromatic rings. The Morgan fingerprint density at radius 2 is 1.80 bits per heavy atom. The Balaban J connectivity index is 2.24. The molecule has 0 aliphatic carbocycles. The van der Waals surface area contributed by atoms with Gasteiger partial charge in [-0.2, -0.15) is 0 Å². The molecule has 0 saturated carbocycles. The van der Waals surface area contributed by atoms with Gasteiger partial charge in [0.25, 0.3) is 0 Å². The quantitative estimate of drug-likeness (QED) is 0.856. The number of sulfonamides is 1. The number of rotatable bonds is 4. The van der Waals surface area contributed by atoms with Crippen LogP contribution in [0.15, 0.2) is 30.3 Å². The number of carbonyl (C=O) groups excluding carboxylic acids is 1. The SMILES string of the molecule is CC(C)CS(=O)(=O)N1CCCN(c2ccccc2)C1=O. The predicted octanol–water partition coefficient (Wildman–Crippen LogP) is 2.30. The van der Waals surface area contributed by atoms with Crippen molar-refractivity contribution in [3.05, 3.63) is 30.3 Å². The van der Waals surface area contributed by atoms with Crippen molar-refractivity contribution >= 4 is 21.7 Å². The van der Waals surface area contributed by atoms with Gasteiger partial charge in [-0.05, 0) is 24.5 Å². The van der Waals surface area contributed by atoms with Gasteiger partial charge in [0, 0.05) is 18.8 Å². The molecule has 0 unspecified atom stereocenters. The molecule has 1 aromatic carbocycles. The zero-order valence-corrected chi connectivity index (χ0v) is 12.6. The molecule has 1 aliphatic heterocycles. The van der Waals surface area contributed by atoms with Crippen molar-refractivity contribution < 1.29 is 13.2 Å². The van der Waals surface area contributed by atoms with Crippen molar-refractivity contribution in [2.24, 2.45) is 5.92 Å². The normalized spacial score (nSPS) is 16.9. The smallest absolute Gasteiger partial charge is 0.293 e. The van der Waals surface area contributed by atoms with Crippen LogP contribution in [-0.2, 0) is 10.0 Å². The minimum atomic E-state index is -3.53. The summed E-state index contributed by atoms with van der Waals surface area (Å²) in [6.45, 7) is 4.50. The van der Waals surface area contributed by atoms with E-state index in [0.717, 1.165) is 9.99 Å². The maximum Gasteiger partial charge on any atom is 0.338 e. The number of hydrogen-bond donors (Lipinski definition) is 0. The Kier molecular flexibility index (Phi) is 4.32. The highest BCUT2D eigenvalue weighted by atomic mass is 32.2. The first-order chi connectivity index (χ1) is 9.42. The molecule has 0 spiro atoms. The molecule has 0 N–H and O–H groups in total. The van der Waals surface area contributed by atoms with Gasteiger partial charge in [-0.15, -0.1) is 0 Å². The van der Waals surface area contributed by atoms with Crippen molar-refractivity contribution in [3.8, 4) is 0 Å². The lowest BCUT2D eigenvalue weighted by atomic mass is 10.2. The summed E-state index contributed by atoms with van der Waals surface area (Å²) >= 11 is 0. The van der Waals surface area contributed by atoms with E-state index < -0.39 is 16.1 Å². The summed E-state index contributed by atoms with van der Waals surface area (Å²) < 4.78 is 25.5. The number of para-hydroxylation sites is 1. The summed E-state index contributed by atoms with van der Waals surface area (Å²) in [7, 11) is -3.53. The Hall–Kier alpha value is -1.56. The lowest BCUT2D eigenvalue weighted by molar-refractivity contribution is 0.223. The van der Waals surface area contributed by atoms with Crippen LogP contribution in [0.3, 0.4) is 0 Å². The van der Waals surface area contributed by atoms with E-state index in [1.807, 2.05) is 44.2 Å². The molecule has 1 heterocycles. The second-order valence-corrected chi connectivity index (χ2v) is 7.31. The predicted molar refractivity (Wildman–Crippen MR) is 79.1 cm³/mol. The molecule has 0 aromatic heterocycles. The van der Waals surface area contributed by atoms with Crippen LogP contribution < -0.4 is 4.90 Å². The lowest BCUT2D eigenvalue weighted by Gasteiger charge is -2.35. The molecule has 2 amide bonds. The van der Waals surface area contributed by atoms with Gasteiger partial charge >= 0.3 is 6.03 Å². The van der Waals surface area contributed by atoms with E-state index in [4.69, 9.17) is 0 Å². The van der Waals surface area contributed by atoms with Gasteiger partial charge in [0.05, 0.1) is 5.75 Å². The van der Waals surface area contributed by atoms with Crippen molar-refractivity contribution in [3.63, 3.8) is 0 Å². The average molecular weight is 296 g/mol. The highest BCUT2D eigenvalue weighted by Crippen LogP contribution is 2.22. The molecular weight excluding hydrogens is 276 g/mol. The van der Waals surface area contributed by atoms with E-state index in [1.54, 1.807) is 0 Å². The third-order valence-electron chi connectivity index (χ3n) is 3.13. The highest BCUT2D eigenvalue weighted by molar-refractivity contribution is 7.89. The van der Waals surface area contributed by atoms with Gasteiger partial charge in [-0.3, -0.25) is 4.90 Å². The number of nitrogens with zero attached hydrogens (tertiary/aromatic N) is 2. The summed E-state index contributed by atoms with van der Waals surface area (Å²) in [5, 5.41) is 0. The number of urea groups is 1. The molecule has 6 heteroatoms. The van der Waals surface area contributed by atoms with Crippen molar-refractivity contribution in [2.45, 2.75) is 20.3 Å². The van der Waals surface area contributed by atoms with Gasteiger partial charge in [-0.25, -0.2) is 17.5 Å². The first-order valence-corrected chi connectivity index (χ1v) is 8.39. The third-order valence-corrected chi connectivity index (χ3v) is 5.23. The van der Waals surface area contributed by atoms with Gasteiger partial charge < -0.3 is 0 Å². The highest BCUT2D eigenvalue weighted by Gasteiger charge is 2.35. The van der Waals surface area contributed by atoms with Crippen LogP contribution in [0.5, 0.6) is 0 Å². The monoisotopic (exact) mass is 296 g/mol. The largest absolute Gasteiger partial charge is 0.338 e. The second kappa shape index (κ2) is 5.83. The Labute approximate surface area is 120 Å². The second-order valence-electron chi connectivity index (χ2n) is 5.37. The first kappa shape index (κ1) is 14.8. The van der Waals surface area contributed by atoms with Crippen molar-refractivity contribution in [1.29, 1.82) is 0 Å². The maximum absolute atomic E-state index is 12.4. The van der Waals surface area contributed by atoms with Crippen LogP contribution in [0.4, 0.5) is 10.5 Å². The number of amides is 2. The van der Waals surface area contributed by atoms with Crippen LogP contribution in [0.2, 0.25) is 0 Å². The van der Waals surface area contributed by atoms with Crippen molar-refractivity contribution in [2.75, 3.05) is 23.7 Å². The van der Waals surface area contributed by atoms with Crippen LogP contribution in [0.1, 0.15) is 20.3 Å². The van der Waals surface area contributed by atoms with Gasteiger partial charge in [0.2, 0.25) is 10.0 Å². The summed E-state index contributed by atoms with van der Waals surface area (Å²) in [5.74, 6) is 0.00127. The average Bonchev–Trinajstić information content (AvgIpc) is 2.38. The van der Waals surface area contributed by atoms with Crippen LogP contribution in [0.25, 0.3) is 0 Å². The molecule has 20 heavy (non-hydrogen) atoms. The first-order valence-electron chi connectivity index (χ1n) is 6.79. The van der Waals surface area contributed by atoms with Gasteiger partial charge in [-0.1, -0.05) is 32.0 Å². The summed E-state index contributed by atoms with van der Waals surface area (Å²) in [5.41, 5.74) is 0.738. The Morgan fingerprint density at radius 1 is 1.15 bits per heavy atom. The van der Waals surface area contributed by atoms with E-state index in [1.165, 1.54) is 4.90 Å². The van der Waals surface area contributed by atoms with E-state index >= 15 is 0 Å². The zero-order valence-electron chi connectivity index (χ0n) is 11.8. The summed E-state index contributed by atoms with van der Waals surface area (Å²) in [6.07, 6.45) is 0.651. The molecule has 1 fully saturated rings. The minimum absolute atomic E-state index is 0.0000909. The number of benzene rings is 1. The summed E-state index contributed by atoms with van der Waals surface area (Å²) in [6, 6.07) is 8.73. The third kappa shape index (κ3) is 3.12. The van der Waals surface area contributed by atoms with E-state index in [0.29, 0.717) is 13.0 Å². The molecule has 0 atom stereocenters. The standard InChI is InChI=1S/C14H20N2O3S/c1-12(2)11-20(18,19)16-10-6-9-15(14(16)17)13-7-4-3-5-8-13/h3-5,7-8,12H,6,9-11H2,1-2H3. The van der Waals surface area contributed by atoms with E-state index in [2.05, 4.69) is 0 Å². The molecule has 110 valence electrons. The molecule has 1 aliphatic rings.